The van der Waals surface area contributed by atoms with E-state index in [1.54, 1.807) is 6.19 Å². The lowest BCUT2D eigenvalue weighted by atomic mass is 10.9. The van der Waals surface area contributed by atoms with E-state index in [1.165, 1.54) is 23.5 Å². The molecule has 0 aliphatic rings. The third kappa shape index (κ3) is 5.55. The van der Waals surface area contributed by atoms with Crippen molar-refractivity contribution in [2.45, 2.75) is 6.92 Å². The molecule has 0 saturated carbocycles. The van der Waals surface area contributed by atoms with Crippen LogP contribution in [0.25, 0.3) is 0 Å². The summed E-state index contributed by atoms with van der Waals surface area (Å²) in [4.78, 5) is 7.48. The van der Waals surface area contributed by atoms with Crippen molar-refractivity contribution in [1.82, 2.24) is 0 Å². The molecule has 0 aromatic rings. The molecule has 0 bridgehead atoms. The monoisotopic (exact) mass is 217 g/mol. The summed E-state index contributed by atoms with van der Waals surface area (Å²) in [6.07, 6.45) is 5.46. The number of hydrogen-bond donors (Lipinski definition) is 0. The lowest BCUT2D eigenvalue weighted by molar-refractivity contribution is 0.323. The second-order valence-electron chi connectivity index (χ2n) is 1.71. The fourth-order valence-electron chi connectivity index (χ4n) is 0.514. The molecule has 0 fully saturated rings. The standard InChI is InChI=1S/C7H11N3OS2/c1-4-11-6(9-5-8)10-7(12-2)13-3/h4H2,1-3H3. The van der Waals surface area contributed by atoms with Crippen LogP contribution in [0.4, 0.5) is 0 Å². The van der Waals surface area contributed by atoms with E-state index in [2.05, 4.69) is 9.98 Å². The van der Waals surface area contributed by atoms with Gasteiger partial charge in [0.25, 0.3) is 0 Å². The first-order valence-electron chi connectivity index (χ1n) is 3.54. The molecule has 0 rings (SSSR count). The first kappa shape index (κ1) is 12.3. The van der Waals surface area contributed by atoms with Crippen LogP contribution in [0.2, 0.25) is 0 Å². The second-order valence-corrected chi connectivity index (χ2v) is 3.56. The Morgan fingerprint density at radius 1 is 1.46 bits per heavy atom. The minimum absolute atomic E-state index is 0.128. The Labute approximate surface area is 86.5 Å². The van der Waals surface area contributed by atoms with Gasteiger partial charge in [0, 0.05) is 0 Å². The highest BCUT2D eigenvalue weighted by atomic mass is 32.2. The van der Waals surface area contributed by atoms with Crippen LogP contribution in [0.5, 0.6) is 0 Å². The highest BCUT2D eigenvalue weighted by molar-refractivity contribution is 8.38. The maximum Gasteiger partial charge on any atom is 0.328 e. The average molecular weight is 217 g/mol. The Kier molecular flexibility index (Phi) is 7.54. The Morgan fingerprint density at radius 2 is 2.08 bits per heavy atom. The molecule has 0 saturated heterocycles. The van der Waals surface area contributed by atoms with Crippen molar-refractivity contribution < 1.29 is 4.74 Å². The summed E-state index contributed by atoms with van der Waals surface area (Å²) in [7, 11) is 0. The number of rotatable bonds is 1. The van der Waals surface area contributed by atoms with Gasteiger partial charge in [0.05, 0.1) is 6.61 Å². The predicted octanol–water partition coefficient (Wildman–Crippen LogP) is 1.94. The molecule has 0 amide bonds. The molecule has 13 heavy (non-hydrogen) atoms. The summed E-state index contributed by atoms with van der Waals surface area (Å²) in [5, 5.41) is 8.32. The number of amidine groups is 1. The molecule has 0 atom stereocenters. The van der Waals surface area contributed by atoms with Crippen LogP contribution in [-0.2, 0) is 4.74 Å². The lowest BCUT2D eigenvalue weighted by Gasteiger charge is -2.01. The topological polar surface area (TPSA) is 57.7 Å². The van der Waals surface area contributed by atoms with Gasteiger partial charge in [0.1, 0.15) is 4.38 Å². The van der Waals surface area contributed by atoms with E-state index in [0.717, 1.165) is 4.38 Å². The van der Waals surface area contributed by atoms with Gasteiger partial charge in [-0.3, -0.25) is 0 Å². The summed E-state index contributed by atoms with van der Waals surface area (Å²) >= 11 is 2.99. The van der Waals surface area contributed by atoms with Crippen LogP contribution in [0.15, 0.2) is 9.98 Å². The fourth-order valence-corrected chi connectivity index (χ4v) is 1.52. The third-order valence-corrected chi connectivity index (χ3v) is 2.84. The van der Waals surface area contributed by atoms with Gasteiger partial charge < -0.3 is 4.74 Å². The van der Waals surface area contributed by atoms with Crippen molar-refractivity contribution in [2.24, 2.45) is 9.98 Å². The zero-order valence-corrected chi connectivity index (χ0v) is 9.41. The zero-order valence-electron chi connectivity index (χ0n) is 7.77. The molecule has 0 aromatic carbocycles. The number of hydrogen-bond acceptors (Lipinski definition) is 5. The first-order chi connectivity index (χ1) is 6.28. The maximum atomic E-state index is 8.32. The molecule has 0 aliphatic carbocycles. The average Bonchev–Trinajstić information content (AvgIpc) is 2.14. The number of aliphatic imine (C=N–C) groups is 2. The molecule has 0 aromatic heterocycles. The van der Waals surface area contributed by atoms with Crippen LogP contribution >= 0.6 is 23.5 Å². The Hall–Kier alpha value is -0.670. The Morgan fingerprint density at radius 3 is 2.46 bits per heavy atom. The van der Waals surface area contributed by atoms with E-state index in [-0.39, 0.29) is 6.02 Å². The van der Waals surface area contributed by atoms with Gasteiger partial charge in [-0.15, -0.1) is 28.5 Å². The minimum atomic E-state index is 0.128. The van der Waals surface area contributed by atoms with Crippen molar-refractivity contribution in [3.05, 3.63) is 0 Å². The summed E-state index contributed by atoms with van der Waals surface area (Å²) in [6.45, 7) is 2.28. The largest absolute Gasteiger partial charge is 0.463 e. The zero-order chi connectivity index (χ0) is 10.1. The number of nitriles is 1. The first-order valence-corrected chi connectivity index (χ1v) is 5.99. The van der Waals surface area contributed by atoms with Crippen LogP contribution in [0.1, 0.15) is 6.92 Å². The number of thioether (sulfide) groups is 2. The van der Waals surface area contributed by atoms with Crippen molar-refractivity contribution in [3.63, 3.8) is 0 Å². The SMILES string of the molecule is CCOC(=NC#N)N=C(SC)SC. The van der Waals surface area contributed by atoms with Crippen LogP contribution in [-0.4, -0.2) is 29.5 Å². The summed E-state index contributed by atoms with van der Waals surface area (Å²) in [6, 6.07) is 0.128. The van der Waals surface area contributed by atoms with Gasteiger partial charge in [-0.1, -0.05) is 0 Å². The third-order valence-electron chi connectivity index (χ3n) is 0.955. The van der Waals surface area contributed by atoms with Crippen molar-refractivity contribution >= 4 is 33.9 Å². The molecular weight excluding hydrogens is 206 g/mol. The van der Waals surface area contributed by atoms with Crippen LogP contribution in [0.3, 0.4) is 0 Å². The normalized spacial score (nSPS) is 10.5. The Balaban J connectivity index is 4.49. The van der Waals surface area contributed by atoms with Gasteiger partial charge >= 0.3 is 6.02 Å². The summed E-state index contributed by atoms with van der Waals surface area (Å²) in [5.41, 5.74) is 0. The highest BCUT2D eigenvalue weighted by Gasteiger charge is 2.00. The smallest absolute Gasteiger partial charge is 0.328 e. The lowest BCUT2D eigenvalue weighted by Crippen LogP contribution is -2.02. The highest BCUT2D eigenvalue weighted by Crippen LogP contribution is 2.11. The summed E-state index contributed by atoms with van der Waals surface area (Å²) < 4.78 is 5.85. The molecule has 0 radical (unpaired) electrons. The van der Waals surface area contributed by atoms with E-state index in [4.69, 9.17) is 10.00 Å². The van der Waals surface area contributed by atoms with Gasteiger partial charge in [-0.05, 0) is 19.4 Å². The molecule has 0 N–H and O–H groups in total. The molecule has 0 aliphatic heterocycles. The second kappa shape index (κ2) is 7.95. The van der Waals surface area contributed by atoms with Gasteiger partial charge in [-0.2, -0.15) is 10.3 Å². The van der Waals surface area contributed by atoms with E-state index in [0.29, 0.717) is 6.61 Å². The van der Waals surface area contributed by atoms with Gasteiger partial charge in [-0.25, -0.2) is 0 Å². The molecule has 4 nitrogen and oxygen atoms in total. The predicted molar refractivity (Wildman–Crippen MR) is 59.1 cm³/mol. The van der Waals surface area contributed by atoms with Crippen molar-refractivity contribution in [2.75, 3.05) is 19.1 Å². The van der Waals surface area contributed by atoms with Gasteiger partial charge in [0.15, 0.2) is 0 Å². The molecule has 0 heterocycles. The van der Waals surface area contributed by atoms with Crippen LogP contribution < -0.4 is 0 Å². The molecule has 0 unspecified atom stereocenters. The van der Waals surface area contributed by atoms with E-state index < -0.39 is 0 Å². The quantitative estimate of drug-likeness (QED) is 0.382. The summed E-state index contributed by atoms with van der Waals surface area (Å²) in [5.74, 6) is 0. The number of nitrogens with zero attached hydrogens (tertiary/aromatic N) is 3. The van der Waals surface area contributed by atoms with E-state index in [1.807, 2.05) is 19.4 Å². The van der Waals surface area contributed by atoms with Crippen molar-refractivity contribution in [3.8, 4) is 6.19 Å². The molecule has 6 heteroatoms. The van der Waals surface area contributed by atoms with E-state index >= 15 is 0 Å². The molecule has 0 spiro atoms. The molecule has 72 valence electrons. The number of ether oxygens (including phenoxy) is 1. The maximum absolute atomic E-state index is 8.32. The minimum Gasteiger partial charge on any atom is -0.463 e. The molecular formula is C7H11N3OS2. The van der Waals surface area contributed by atoms with Crippen LogP contribution in [0, 0.1) is 11.5 Å². The van der Waals surface area contributed by atoms with Crippen molar-refractivity contribution in [1.29, 1.82) is 5.26 Å². The fraction of sp³-hybridized carbons (Fsp3) is 0.571. The van der Waals surface area contributed by atoms with Gasteiger partial charge in [0.2, 0.25) is 6.19 Å². The Bertz CT molecular complexity index is 239. The van der Waals surface area contributed by atoms with E-state index in [9.17, 15) is 0 Å².